The average Bonchev–Trinajstić information content (AvgIpc) is 3.49. The Balaban J connectivity index is 1.51. The Morgan fingerprint density at radius 2 is 2.00 bits per heavy atom. The zero-order chi connectivity index (χ0) is 18.6. The van der Waals surface area contributed by atoms with Crippen molar-refractivity contribution in [2.45, 2.75) is 32.2 Å². The largest absolute Gasteiger partial charge is 0.492 e. The van der Waals surface area contributed by atoms with Gasteiger partial charge in [-0.05, 0) is 44.7 Å². The number of para-hydroxylation sites is 2. The Kier molecular flexibility index (Phi) is 5.67. The molecule has 0 bridgehead atoms. The van der Waals surface area contributed by atoms with Crippen molar-refractivity contribution in [3.05, 3.63) is 24.3 Å². The molecule has 1 heterocycles. The van der Waals surface area contributed by atoms with E-state index in [0.29, 0.717) is 19.1 Å². The number of rotatable bonds is 7. The molecule has 0 radical (unpaired) electrons. The maximum Gasteiger partial charge on any atom is 0.235 e. The number of carbonyl (C=O) groups is 1. The van der Waals surface area contributed by atoms with Crippen LogP contribution in [0.2, 0.25) is 0 Å². The first-order chi connectivity index (χ1) is 12.6. The fourth-order valence-corrected chi connectivity index (χ4v) is 3.56. The molecule has 1 amide bonds. The summed E-state index contributed by atoms with van der Waals surface area (Å²) in [5.41, 5.74) is 0.402. The van der Waals surface area contributed by atoms with Crippen LogP contribution in [0.4, 0.5) is 5.69 Å². The summed E-state index contributed by atoms with van der Waals surface area (Å²) in [6.07, 6.45) is 2.06. The molecule has 2 fully saturated rings. The minimum atomic E-state index is -0.713. The third-order valence-corrected chi connectivity index (χ3v) is 5.27. The number of amides is 1. The fraction of sp³-hybridized carbons (Fsp3) is 0.600. The molecule has 1 saturated carbocycles. The molecule has 6 heteroatoms. The highest BCUT2D eigenvalue weighted by atomic mass is 16.5. The number of carbonyl (C=O) groups excluding carboxylic acids is 1. The fourth-order valence-electron chi connectivity index (χ4n) is 3.56. The lowest BCUT2D eigenvalue weighted by molar-refractivity contribution is -0.123. The molecule has 2 aliphatic rings. The van der Waals surface area contributed by atoms with Gasteiger partial charge in [0.2, 0.25) is 5.91 Å². The van der Waals surface area contributed by atoms with Gasteiger partial charge in [0, 0.05) is 26.2 Å². The van der Waals surface area contributed by atoms with Crippen LogP contribution in [0.15, 0.2) is 24.3 Å². The summed E-state index contributed by atoms with van der Waals surface area (Å²) >= 11 is 0. The molecular formula is C20H28N4O2. The second-order valence-electron chi connectivity index (χ2n) is 7.30. The third-order valence-electron chi connectivity index (χ3n) is 5.27. The van der Waals surface area contributed by atoms with Crippen molar-refractivity contribution >= 4 is 11.6 Å². The lowest BCUT2D eigenvalue weighted by Gasteiger charge is -2.36. The minimum absolute atomic E-state index is 0.0517. The van der Waals surface area contributed by atoms with Gasteiger partial charge >= 0.3 is 0 Å². The van der Waals surface area contributed by atoms with Crippen LogP contribution < -0.4 is 15.0 Å². The summed E-state index contributed by atoms with van der Waals surface area (Å²) in [6, 6.07) is 10.4. The highest BCUT2D eigenvalue weighted by Gasteiger charge is 2.43. The van der Waals surface area contributed by atoms with Gasteiger partial charge in [-0.15, -0.1) is 0 Å². The molecule has 140 valence electrons. The number of nitrogens with one attached hydrogen (secondary N) is 1. The maximum atomic E-state index is 12.4. The molecule has 1 aliphatic heterocycles. The Hall–Kier alpha value is -2.26. The van der Waals surface area contributed by atoms with Gasteiger partial charge in [0.25, 0.3) is 0 Å². The van der Waals surface area contributed by atoms with E-state index in [9.17, 15) is 10.1 Å². The van der Waals surface area contributed by atoms with Crippen LogP contribution in [0.3, 0.4) is 0 Å². The van der Waals surface area contributed by atoms with Crippen molar-refractivity contribution in [2.75, 3.05) is 44.2 Å². The molecule has 0 unspecified atom stereocenters. The molecule has 26 heavy (non-hydrogen) atoms. The van der Waals surface area contributed by atoms with E-state index in [-0.39, 0.29) is 5.91 Å². The van der Waals surface area contributed by atoms with Crippen LogP contribution in [0.5, 0.6) is 5.75 Å². The van der Waals surface area contributed by atoms with Crippen LogP contribution in [0.25, 0.3) is 0 Å². The van der Waals surface area contributed by atoms with Gasteiger partial charge in [0.1, 0.15) is 11.3 Å². The summed E-state index contributed by atoms with van der Waals surface area (Å²) in [5, 5.41) is 12.3. The summed E-state index contributed by atoms with van der Waals surface area (Å²) < 4.78 is 5.73. The normalized spacial score (nSPS) is 20.1. The zero-order valence-electron chi connectivity index (χ0n) is 15.7. The Labute approximate surface area is 155 Å². The number of benzene rings is 1. The topological polar surface area (TPSA) is 68.6 Å². The molecule has 1 saturated heterocycles. The molecule has 1 aliphatic carbocycles. The predicted molar refractivity (Wildman–Crippen MR) is 101 cm³/mol. The predicted octanol–water partition coefficient (Wildman–Crippen LogP) is 2.02. The highest BCUT2D eigenvalue weighted by molar-refractivity contribution is 5.79. The van der Waals surface area contributed by atoms with Crippen molar-refractivity contribution in [3.8, 4) is 11.8 Å². The number of nitriles is 1. The van der Waals surface area contributed by atoms with E-state index < -0.39 is 5.54 Å². The van der Waals surface area contributed by atoms with Gasteiger partial charge in [0.15, 0.2) is 0 Å². The van der Waals surface area contributed by atoms with Crippen molar-refractivity contribution in [3.63, 3.8) is 0 Å². The van der Waals surface area contributed by atoms with Crippen LogP contribution >= 0.6 is 0 Å². The van der Waals surface area contributed by atoms with Gasteiger partial charge < -0.3 is 15.0 Å². The standard InChI is InChI=1S/C20H28N4O2/c1-3-26-18-7-5-4-6-17(18)24-12-10-23(11-13-24)14-19(25)22-20(2,15-21)16-8-9-16/h4-7,16H,3,8-14H2,1-2H3,(H,22,25)/t20-/m1/s1. The molecule has 1 aromatic rings. The molecule has 3 rings (SSSR count). The van der Waals surface area contributed by atoms with Gasteiger partial charge in [-0.2, -0.15) is 5.26 Å². The van der Waals surface area contributed by atoms with Crippen LogP contribution in [0, 0.1) is 17.2 Å². The number of piperazine rings is 1. The van der Waals surface area contributed by atoms with E-state index in [1.165, 1.54) is 0 Å². The van der Waals surface area contributed by atoms with Crippen LogP contribution in [0.1, 0.15) is 26.7 Å². The number of anilines is 1. The summed E-state index contributed by atoms with van der Waals surface area (Å²) in [7, 11) is 0. The first-order valence-electron chi connectivity index (χ1n) is 9.47. The molecule has 1 atom stereocenters. The van der Waals surface area contributed by atoms with E-state index in [4.69, 9.17) is 4.74 Å². The molecule has 0 spiro atoms. The first kappa shape index (κ1) is 18.5. The van der Waals surface area contributed by atoms with Crippen LogP contribution in [-0.2, 0) is 4.79 Å². The molecule has 0 aromatic heterocycles. The summed E-state index contributed by atoms with van der Waals surface area (Å²) in [6.45, 7) is 8.18. The number of hydrogen-bond acceptors (Lipinski definition) is 5. The van der Waals surface area contributed by atoms with Gasteiger partial charge in [-0.25, -0.2) is 0 Å². The average molecular weight is 356 g/mol. The molecule has 6 nitrogen and oxygen atoms in total. The summed E-state index contributed by atoms with van der Waals surface area (Å²) in [5.74, 6) is 1.17. The van der Waals surface area contributed by atoms with Crippen molar-refractivity contribution in [1.82, 2.24) is 10.2 Å². The lowest BCUT2D eigenvalue weighted by atomic mass is 9.98. The van der Waals surface area contributed by atoms with E-state index in [1.54, 1.807) is 0 Å². The van der Waals surface area contributed by atoms with E-state index >= 15 is 0 Å². The Morgan fingerprint density at radius 3 is 2.62 bits per heavy atom. The quantitative estimate of drug-likeness (QED) is 0.809. The lowest BCUT2D eigenvalue weighted by Crippen LogP contribution is -2.53. The van der Waals surface area contributed by atoms with Gasteiger partial charge in [-0.1, -0.05) is 12.1 Å². The Bertz CT molecular complexity index is 675. The second kappa shape index (κ2) is 7.96. The highest BCUT2D eigenvalue weighted by Crippen LogP contribution is 2.39. The van der Waals surface area contributed by atoms with Crippen molar-refractivity contribution in [1.29, 1.82) is 5.26 Å². The third kappa shape index (κ3) is 4.28. The first-order valence-corrected chi connectivity index (χ1v) is 9.47. The zero-order valence-corrected chi connectivity index (χ0v) is 15.7. The van der Waals surface area contributed by atoms with E-state index in [0.717, 1.165) is 50.5 Å². The number of nitrogens with zero attached hydrogens (tertiary/aromatic N) is 3. The Morgan fingerprint density at radius 1 is 1.31 bits per heavy atom. The number of hydrogen-bond donors (Lipinski definition) is 1. The monoisotopic (exact) mass is 356 g/mol. The maximum absolute atomic E-state index is 12.4. The second-order valence-corrected chi connectivity index (χ2v) is 7.30. The van der Waals surface area contributed by atoms with Crippen LogP contribution in [-0.4, -0.2) is 55.7 Å². The number of ether oxygens (including phenoxy) is 1. The molecule has 1 aromatic carbocycles. The van der Waals surface area contributed by atoms with Crippen molar-refractivity contribution < 1.29 is 9.53 Å². The SMILES string of the molecule is CCOc1ccccc1N1CCN(CC(=O)N[C@](C)(C#N)C2CC2)CC1. The smallest absolute Gasteiger partial charge is 0.235 e. The van der Waals surface area contributed by atoms with Crippen molar-refractivity contribution in [2.24, 2.45) is 5.92 Å². The molecule has 1 N–H and O–H groups in total. The summed E-state index contributed by atoms with van der Waals surface area (Å²) in [4.78, 5) is 16.8. The van der Waals surface area contributed by atoms with E-state index in [1.807, 2.05) is 32.0 Å². The van der Waals surface area contributed by atoms with Gasteiger partial charge in [0.05, 0.1) is 24.9 Å². The van der Waals surface area contributed by atoms with Gasteiger partial charge in [-0.3, -0.25) is 9.69 Å². The van der Waals surface area contributed by atoms with E-state index in [2.05, 4.69) is 27.3 Å². The molecular weight excluding hydrogens is 328 g/mol. The minimum Gasteiger partial charge on any atom is -0.492 e.